The molecule has 0 aliphatic carbocycles. The number of anilines is 1. The molecule has 2 aromatic rings. The van der Waals surface area contributed by atoms with Crippen LogP contribution in [0.25, 0.3) is 0 Å². The quantitative estimate of drug-likeness (QED) is 0.719. The van der Waals surface area contributed by atoms with Gasteiger partial charge in [-0.15, -0.1) is 0 Å². The zero-order chi connectivity index (χ0) is 18.6. The molecule has 7 nitrogen and oxygen atoms in total. The van der Waals surface area contributed by atoms with E-state index in [1.807, 2.05) is 17.4 Å². The van der Waals surface area contributed by atoms with E-state index in [1.54, 1.807) is 18.2 Å². The number of benzene rings is 2. The minimum Gasteiger partial charge on any atom is -0.486 e. The van der Waals surface area contributed by atoms with Crippen LogP contribution >= 0.6 is 0 Å². The molecule has 2 heterocycles. The van der Waals surface area contributed by atoms with Crippen molar-refractivity contribution in [2.45, 2.75) is 19.0 Å². The Bertz CT molecular complexity index is 868. The van der Waals surface area contributed by atoms with Crippen molar-refractivity contribution in [2.75, 3.05) is 25.1 Å². The second-order valence-corrected chi connectivity index (χ2v) is 6.64. The summed E-state index contributed by atoms with van der Waals surface area (Å²) in [6.07, 6.45) is 0.672. The van der Waals surface area contributed by atoms with Crippen LogP contribution in [0.1, 0.15) is 11.1 Å². The van der Waals surface area contributed by atoms with Crippen molar-refractivity contribution >= 4 is 17.5 Å². The number of quaternary nitrogens is 1. The van der Waals surface area contributed by atoms with Gasteiger partial charge in [0.1, 0.15) is 19.8 Å². The predicted octanol–water partition coefficient (Wildman–Crippen LogP) is 0.201. The topological polar surface area (TPSA) is 93.3 Å². The van der Waals surface area contributed by atoms with E-state index < -0.39 is 0 Å². The number of ether oxygens (including phenoxy) is 2. The van der Waals surface area contributed by atoms with Crippen LogP contribution in [0, 0.1) is 0 Å². The first-order chi connectivity index (χ1) is 13.2. The highest BCUT2D eigenvalue weighted by atomic mass is 16.6. The summed E-state index contributed by atoms with van der Waals surface area (Å²) in [5.41, 5.74) is 3.07. The zero-order valence-electron chi connectivity index (χ0n) is 14.9. The lowest BCUT2D eigenvalue weighted by molar-refractivity contribution is -0.695. The van der Waals surface area contributed by atoms with Gasteiger partial charge in [-0.25, -0.2) is 0 Å². The van der Waals surface area contributed by atoms with Gasteiger partial charge in [-0.3, -0.25) is 9.59 Å². The van der Waals surface area contributed by atoms with E-state index in [2.05, 4.69) is 22.8 Å². The molecule has 2 aromatic carbocycles. The van der Waals surface area contributed by atoms with E-state index in [4.69, 9.17) is 9.47 Å². The molecule has 0 aromatic heterocycles. The molecule has 0 unspecified atom stereocenters. The monoisotopic (exact) mass is 368 g/mol. The fourth-order valence-electron chi connectivity index (χ4n) is 3.37. The van der Waals surface area contributed by atoms with E-state index >= 15 is 0 Å². The van der Waals surface area contributed by atoms with Gasteiger partial charge in [-0.1, -0.05) is 24.3 Å². The summed E-state index contributed by atoms with van der Waals surface area (Å²) in [5, 5.41) is 7.50. The summed E-state index contributed by atoms with van der Waals surface area (Å²) in [5.74, 6) is 0.872. The highest BCUT2D eigenvalue weighted by molar-refractivity contribution is 5.95. The Morgan fingerprint density at radius 1 is 1.04 bits per heavy atom. The minimum absolute atomic E-state index is 0.0702. The van der Waals surface area contributed by atoms with Gasteiger partial charge in [0.05, 0.1) is 6.54 Å². The van der Waals surface area contributed by atoms with Crippen molar-refractivity contribution in [2.24, 2.45) is 0 Å². The van der Waals surface area contributed by atoms with E-state index in [0.717, 1.165) is 6.54 Å². The Kier molecular flexibility index (Phi) is 4.93. The fraction of sp³-hybridized carbons (Fsp3) is 0.300. The summed E-state index contributed by atoms with van der Waals surface area (Å²) in [4.78, 5) is 24.6. The average Bonchev–Trinajstić information content (AvgIpc) is 2.71. The van der Waals surface area contributed by atoms with Crippen LogP contribution in [0.3, 0.4) is 0 Å². The third-order valence-electron chi connectivity index (χ3n) is 4.77. The van der Waals surface area contributed by atoms with Crippen LogP contribution in [0.4, 0.5) is 5.69 Å². The third-order valence-corrected chi connectivity index (χ3v) is 4.77. The number of amides is 2. The molecule has 140 valence electrons. The number of hydrogen-bond donors (Lipinski definition) is 3. The molecule has 0 fully saturated rings. The molecule has 0 radical (unpaired) electrons. The second-order valence-electron chi connectivity index (χ2n) is 6.64. The van der Waals surface area contributed by atoms with Gasteiger partial charge >= 0.3 is 0 Å². The predicted molar refractivity (Wildman–Crippen MR) is 98.6 cm³/mol. The van der Waals surface area contributed by atoms with Crippen molar-refractivity contribution < 1.29 is 24.4 Å². The van der Waals surface area contributed by atoms with E-state index in [0.29, 0.717) is 36.8 Å². The van der Waals surface area contributed by atoms with Crippen LogP contribution in [0.2, 0.25) is 0 Å². The van der Waals surface area contributed by atoms with Gasteiger partial charge in [0.25, 0.3) is 5.91 Å². The van der Waals surface area contributed by atoms with Gasteiger partial charge in [-0.2, -0.15) is 0 Å². The lowest BCUT2D eigenvalue weighted by Gasteiger charge is -2.22. The standard InChI is InChI=1S/C20H21N3O4/c24-19(23-15-5-6-17-18(10-15)27-8-7-26-17)12-22-20(25)16-9-13-3-1-2-4-14(13)11-21-16/h1-6,10,16,21H,7-9,11-12H2,(H,22,25)(H,23,24)/p+1/t16-/m0/s1. The zero-order valence-corrected chi connectivity index (χ0v) is 14.9. The summed E-state index contributed by atoms with van der Waals surface area (Å²) >= 11 is 0. The van der Waals surface area contributed by atoms with Crippen LogP contribution < -0.4 is 25.4 Å². The largest absolute Gasteiger partial charge is 0.486 e. The van der Waals surface area contributed by atoms with Gasteiger partial charge in [0, 0.05) is 23.7 Å². The summed E-state index contributed by atoms with van der Waals surface area (Å²) in [6, 6.07) is 13.2. The number of fused-ring (bicyclic) bond motifs is 2. The summed E-state index contributed by atoms with van der Waals surface area (Å²) in [6.45, 7) is 1.71. The molecule has 0 bridgehead atoms. The van der Waals surface area contributed by atoms with Gasteiger partial charge in [-0.05, 0) is 17.7 Å². The molecule has 2 amide bonds. The average molecular weight is 368 g/mol. The molecule has 7 heteroatoms. The molecule has 1 atom stereocenters. The fourth-order valence-corrected chi connectivity index (χ4v) is 3.37. The van der Waals surface area contributed by atoms with Crippen molar-refractivity contribution in [1.29, 1.82) is 0 Å². The molecule has 0 spiro atoms. The Morgan fingerprint density at radius 3 is 2.67 bits per heavy atom. The smallest absolute Gasteiger partial charge is 0.279 e. The molecule has 2 aliphatic rings. The van der Waals surface area contributed by atoms with Gasteiger partial charge in [0.15, 0.2) is 17.5 Å². The van der Waals surface area contributed by atoms with Crippen molar-refractivity contribution in [1.82, 2.24) is 5.32 Å². The first-order valence-electron chi connectivity index (χ1n) is 9.06. The summed E-state index contributed by atoms with van der Waals surface area (Å²) in [7, 11) is 0. The normalized spacial score (nSPS) is 17.6. The Labute approximate surface area is 157 Å². The van der Waals surface area contributed by atoms with Gasteiger partial charge < -0.3 is 25.4 Å². The number of hydrogen-bond acceptors (Lipinski definition) is 4. The van der Waals surface area contributed by atoms with Crippen molar-refractivity contribution in [3.8, 4) is 11.5 Å². The maximum absolute atomic E-state index is 12.4. The SMILES string of the molecule is O=C(CNC(=O)[C@@H]1Cc2ccccc2C[NH2+]1)Nc1ccc2c(c1)OCCO2. The molecule has 4 N–H and O–H groups in total. The molecule has 0 saturated heterocycles. The number of carbonyl (C=O) groups is 2. The molecule has 2 aliphatic heterocycles. The van der Waals surface area contributed by atoms with Crippen LogP contribution in [0.15, 0.2) is 42.5 Å². The number of carbonyl (C=O) groups excluding carboxylic acids is 2. The Morgan fingerprint density at radius 2 is 1.81 bits per heavy atom. The van der Waals surface area contributed by atoms with Crippen LogP contribution in [-0.2, 0) is 22.6 Å². The number of nitrogens with one attached hydrogen (secondary N) is 2. The van der Waals surface area contributed by atoms with E-state index in [1.165, 1.54) is 11.1 Å². The van der Waals surface area contributed by atoms with Gasteiger partial charge in [0.2, 0.25) is 5.91 Å². The van der Waals surface area contributed by atoms with Crippen molar-refractivity contribution in [3.63, 3.8) is 0 Å². The maximum atomic E-state index is 12.4. The molecule has 4 rings (SSSR count). The Balaban J connectivity index is 1.29. The molecule has 27 heavy (non-hydrogen) atoms. The second kappa shape index (κ2) is 7.67. The number of nitrogens with two attached hydrogens (primary N) is 1. The molecular weight excluding hydrogens is 346 g/mol. The van der Waals surface area contributed by atoms with E-state index in [-0.39, 0.29) is 24.4 Å². The molecular formula is C20H22N3O4+. The maximum Gasteiger partial charge on any atom is 0.279 e. The summed E-state index contributed by atoms with van der Waals surface area (Å²) < 4.78 is 11.0. The van der Waals surface area contributed by atoms with Crippen LogP contribution in [0.5, 0.6) is 11.5 Å². The lowest BCUT2D eigenvalue weighted by Crippen LogP contribution is -2.93. The lowest BCUT2D eigenvalue weighted by atomic mass is 9.95. The molecule has 0 saturated carbocycles. The van der Waals surface area contributed by atoms with Crippen molar-refractivity contribution in [3.05, 3.63) is 53.6 Å². The first-order valence-corrected chi connectivity index (χ1v) is 9.06. The highest BCUT2D eigenvalue weighted by Gasteiger charge is 2.27. The highest BCUT2D eigenvalue weighted by Crippen LogP contribution is 2.32. The minimum atomic E-state index is -0.281. The third kappa shape index (κ3) is 4.03. The van der Waals surface area contributed by atoms with Crippen LogP contribution in [-0.4, -0.2) is 37.6 Å². The number of rotatable bonds is 4. The van der Waals surface area contributed by atoms with E-state index in [9.17, 15) is 9.59 Å². The Hall–Kier alpha value is -3.06. The first kappa shape index (κ1) is 17.4.